The average molecular weight is 215 g/mol. The van der Waals surface area contributed by atoms with Gasteiger partial charge in [0.1, 0.15) is 6.04 Å². The zero-order chi connectivity index (χ0) is 11.5. The van der Waals surface area contributed by atoms with Gasteiger partial charge >= 0.3 is 0 Å². The quantitative estimate of drug-likeness (QED) is 0.795. The van der Waals surface area contributed by atoms with Crippen molar-refractivity contribution in [1.82, 2.24) is 10.9 Å². The van der Waals surface area contributed by atoms with Crippen molar-refractivity contribution in [2.24, 2.45) is 0 Å². The number of nitrogens with one attached hydrogen (secondary N) is 2. The molecule has 1 fully saturated rings. The number of hydrogen-bond acceptors (Lipinski definition) is 3. The van der Waals surface area contributed by atoms with Crippen molar-refractivity contribution in [3.8, 4) is 6.07 Å². The summed E-state index contributed by atoms with van der Waals surface area (Å²) < 4.78 is 0. The molecular formula is C13H17N3. The third-order valence-electron chi connectivity index (χ3n) is 3.06. The van der Waals surface area contributed by atoms with Gasteiger partial charge in [-0.1, -0.05) is 38.1 Å². The Morgan fingerprint density at radius 2 is 1.94 bits per heavy atom. The van der Waals surface area contributed by atoms with E-state index in [1.807, 2.05) is 0 Å². The molecule has 1 aromatic rings. The second kappa shape index (κ2) is 4.65. The molecule has 1 aliphatic heterocycles. The normalized spacial score (nSPS) is 24.6. The number of nitriles is 1. The topological polar surface area (TPSA) is 47.9 Å². The molecule has 0 aromatic heterocycles. The smallest absolute Gasteiger partial charge is 0.110 e. The molecule has 1 saturated heterocycles. The Labute approximate surface area is 96.4 Å². The molecule has 2 N–H and O–H groups in total. The van der Waals surface area contributed by atoms with Crippen molar-refractivity contribution in [1.29, 1.82) is 5.26 Å². The summed E-state index contributed by atoms with van der Waals surface area (Å²) in [5.41, 5.74) is 8.73. The molecule has 0 saturated carbocycles. The Hall–Kier alpha value is -1.37. The largest absolute Gasteiger partial charge is 0.249 e. The summed E-state index contributed by atoms with van der Waals surface area (Å²) in [5, 5.41) is 8.80. The predicted octanol–water partition coefficient (Wildman–Crippen LogP) is 2.24. The zero-order valence-electron chi connectivity index (χ0n) is 9.70. The second-order valence-corrected chi connectivity index (χ2v) is 4.58. The highest BCUT2D eigenvalue weighted by atomic mass is 15.4. The summed E-state index contributed by atoms with van der Waals surface area (Å²) in [6.07, 6.45) is 0.831. The van der Waals surface area contributed by atoms with Gasteiger partial charge in [-0.3, -0.25) is 0 Å². The summed E-state index contributed by atoms with van der Waals surface area (Å²) in [5.74, 6) is 0.565. The molecule has 0 bridgehead atoms. The van der Waals surface area contributed by atoms with Gasteiger partial charge in [-0.05, 0) is 23.5 Å². The van der Waals surface area contributed by atoms with Gasteiger partial charge in [-0.25, -0.2) is 10.9 Å². The number of nitrogens with zero attached hydrogens (tertiary/aromatic N) is 1. The van der Waals surface area contributed by atoms with Crippen LogP contribution in [0.25, 0.3) is 0 Å². The van der Waals surface area contributed by atoms with Crippen LogP contribution in [0.3, 0.4) is 0 Å². The molecule has 1 aromatic carbocycles. The summed E-state index contributed by atoms with van der Waals surface area (Å²) in [6.45, 7) is 4.38. The van der Waals surface area contributed by atoms with Gasteiger partial charge in [0.05, 0.1) is 6.07 Å². The lowest BCUT2D eigenvalue weighted by atomic mass is 9.97. The van der Waals surface area contributed by atoms with Crippen LogP contribution in [0.2, 0.25) is 0 Å². The number of rotatable bonds is 2. The van der Waals surface area contributed by atoms with Crippen LogP contribution in [-0.2, 0) is 0 Å². The number of hydrogen-bond donors (Lipinski definition) is 2. The molecular weight excluding hydrogens is 198 g/mol. The van der Waals surface area contributed by atoms with Gasteiger partial charge in [-0.15, -0.1) is 0 Å². The number of hydrazine groups is 1. The Kier molecular flexibility index (Phi) is 3.23. The van der Waals surface area contributed by atoms with Crippen LogP contribution in [0, 0.1) is 11.3 Å². The highest BCUT2D eigenvalue weighted by Gasteiger charge is 2.24. The third kappa shape index (κ3) is 2.24. The minimum Gasteiger partial charge on any atom is -0.249 e. The van der Waals surface area contributed by atoms with Crippen LogP contribution in [0.5, 0.6) is 0 Å². The first-order chi connectivity index (χ1) is 7.70. The maximum Gasteiger partial charge on any atom is 0.110 e. The van der Waals surface area contributed by atoms with Crippen LogP contribution in [-0.4, -0.2) is 6.04 Å². The Morgan fingerprint density at radius 1 is 1.25 bits per heavy atom. The van der Waals surface area contributed by atoms with Crippen LogP contribution in [0.4, 0.5) is 0 Å². The summed E-state index contributed by atoms with van der Waals surface area (Å²) in [7, 11) is 0. The Bertz CT molecular complexity index is 389. The predicted molar refractivity (Wildman–Crippen MR) is 63.6 cm³/mol. The standard InChI is InChI=1S/C13H17N3/c1-9(2)10-3-5-11(6-4-10)13-7-12(8-14)15-16-13/h3-6,9,12-13,15-16H,7H2,1-2H3. The summed E-state index contributed by atoms with van der Waals surface area (Å²) in [6, 6.07) is 11.0. The summed E-state index contributed by atoms with van der Waals surface area (Å²) in [4.78, 5) is 0. The maximum atomic E-state index is 8.80. The lowest BCUT2D eigenvalue weighted by molar-refractivity contribution is 0.572. The zero-order valence-corrected chi connectivity index (χ0v) is 9.70. The van der Waals surface area contributed by atoms with Gasteiger partial charge in [0.15, 0.2) is 0 Å². The molecule has 3 heteroatoms. The van der Waals surface area contributed by atoms with E-state index < -0.39 is 0 Å². The number of benzene rings is 1. The van der Waals surface area contributed by atoms with E-state index in [9.17, 15) is 0 Å². The third-order valence-corrected chi connectivity index (χ3v) is 3.06. The second-order valence-electron chi connectivity index (χ2n) is 4.58. The molecule has 2 atom stereocenters. The van der Waals surface area contributed by atoms with Crippen LogP contribution < -0.4 is 10.9 Å². The fourth-order valence-electron chi connectivity index (χ4n) is 1.97. The van der Waals surface area contributed by atoms with Crippen molar-refractivity contribution in [2.75, 3.05) is 0 Å². The summed E-state index contributed by atoms with van der Waals surface area (Å²) >= 11 is 0. The van der Waals surface area contributed by atoms with Gasteiger partial charge in [-0.2, -0.15) is 5.26 Å². The maximum absolute atomic E-state index is 8.80. The molecule has 3 nitrogen and oxygen atoms in total. The van der Waals surface area contributed by atoms with Crippen molar-refractivity contribution in [3.05, 3.63) is 35.4 Å². The molecule has 0 radical (unpaired) electrons. The molecule has 2 unspecified atom stereocenters. The van der Waals surface area contributed by atoms with E-state index in [1.54, 1.807) is 0 Å². The first-order valence-electron chi connectivity index (χ1n) is 5.71. The SMILES string of the molecule is CC(C)c1ccc(C2CC(C#N)NN2)cc1. The van der Waals surface area contributed by atoms with Crippen LogP contribution >= 0.6 is 0 Å². The highest BCUT2D eigenvalue weighted by Crippen LogP contribution is 2.23. The van der Waals surface area contributed by atoms with Crippen molar-refractivity contribution >= 4 is 0 Å². The molecule has 0 amide bonds. The van der Waals surface area contributed by atoms with E-state index in [0.717, 1.165) is 6.42 Å². The van der Waals surface area contributed by atoms with E-state index in [2.05, 4.69) is 55.0 Å². The van der Waals surface area contributed by atoms with Crippen molar-refractivity contribution in [2.45, 2.75) is 38.3 Å². The fourth-order valence-corrected chi connectivity index (χ4v) is 1.97. The minimum atomic E-state index is -0.0743. The molecule has 1 heterocycles. The van der Waals surface area contributed by atoms with Gasteiger partial charge in [0.25, 0.3) is 0 Å². The fraction of sp³-hybridized carbons (Fsp3) is 0.462. The van der Waals surface area contributed by atoms with Crippen molar-refractivity contribution < 1.29 is 0 Å². The molecule has 1 aliphatic rings. The molecule has 2 rings (SSSR count). The van der Waals surface area contributed by atoms with Crippen LogP contribution in [0.1, 0.15) is 43.4 Å². The monoisotopic (exact) mass is 215 g/mol. The minimum absolute atomic E-state index is 0.0743. The van der Waals surface area contributed by atoms with Gasteiger partial charge in [0.2, 0.25) is 0 Å². The van der Waals surface area contributed by atoms with Crippen LogP contribution in [0.15, 0.2) is 24.3 Å². The lowest BCUT2D eigenvalue weighted by Crippen LogP contribution is -2.29. The molecule has 0 aliphatic carbocycles. The van der Waals surface area contributed by atoms with E-state index in [4.69, 9.17) is 5.26 Å². The van der Waals surface area contributed by atoms with E-state index in [-0.39, 0.29) is 12.1 Å². The first kappa shape index (κ1) is 11.1. The first-order valence-corrected chi connectivity index (χ1v) is 5.71. The van der Waals surface area contributed by atoms with E-state index in [0.29, 0.717) is 5.92 Å². The van der Waals surface area contributed by atoms with E-state index in [1.165, 1.54) is 11.1 Å². The van der Waals surface area contributed by atoms with Gasteiger partial charge in [0, 0.05) is 6.04 Å². The van der Waals surface area contributed by atoms with Crippen molar-refractivity contribution in [3.63, 3.8) is 0 Å². The lowest BCUT2D eigenvalue weighted by Gasteiger charge is -2.11. The molecule has 0 spiro atoms. The Morgan fingerprint density at radius 3 is 2.44 bits per heavy atom. The molecule has 16 heavy (non-hydrogen) atoms. The average Bonchev–Trinajstić information content (AvgIpc) is 2.77. The van der Waals surface area contributed by atoms with Gasteiger partial charge < -0.3 is 0 Å². The van der Waals surface area contributed by atoms with E-state index >= 15 is 0 Å². The highest BCUT2D eigenvalue weighted by molar-refractivity contribution is 5.27. The molecule has 84 valence electrons. The Balaban J connectivity index is 2.09.